The molecule has 0 aliphatic rings. The summed E-state index contributed by atoms with van der Waals surface area (Å²) in [5.41, 5.74) is 0.659. The second kappa shape index (κ2) is 8.70. The highest BCUT2D eigenvalue weighted by atomic mass is 35.5. The van der Waals surface area contributed by atoms with Crippen LogP contribution in [-0.2, 0) is 9.59 Å². The van der Waals surface area contributed by atoms with E-state index in [9.17, 15) is 9.59 Å². The molecule has 4 nitrogen and oxygen atoms in total. The van der Waals surface area contributed by atoms with E-state index in [0.717, 1.165) is 0 Å². The largest absolute Gasteiger partial charge is 0.355 e. The van der Waals surface area contributed by atoms with Crippen molar-refractivity contribution >= 4 is 41.1 Å². The maximum atomic E-state index is 12.1. The van der Waals surface area contributed by atoms with Crippen LogP contribution in [-0.4, -0.2) is 36.3 Å². The standard InChI is InChI=1S/C15H18Cl2N2O2/c1-3-18-14(20)10-19(4-2)15(21)8-5-11-9-12(16)6-7-13(11)17/h5-9H,3-4,10H2,1-2H3,(H,18,20)/b8-5+. The zero-order valence-electron chi connectivity index (χ0n) is 12.0. The number of likely N-dealkylation sites (N-methyl/N-ethyl adjacent to an activating group) is 2. The molecule has 0 heterocycles. The Morgan fingerprint density at radius 1 is 1.29 bits per heavy atom. The van der Waals surface area contributed by atoms with Crippen molar-refractivity contribution in [2.75, 3.05) is 19.6 Å². The van der Waals surface area contributed by atoms with Crippen LogP contribution in [0.15, 0.2) is 24.3 Å². The molecule has 0 unspecified atom stereocenters. The van der Waals surface area contributed by atoms with Crippen LogP contribution in [0.2, 0.25) is 10.0 Å². The van der Waals surface area contributed by atoms with Gasteiger partial charge in [-0.25, -0.2) is 0 Å². The van der Waals surface area contributed by atoms with E-state index in [4.69, 9.17) is 23.2 Å². The summed E-state index contributed by atoms with van der Waals surface area (Å²) in [6.45, 7) is 4.67. The molecule has 0 fully saturated rings. The molecule has 0 bridgehead atoms. The van der Waals surface area contributed by atoms with Gasteiger partial charge in [-0.3, -0.25) is 9.59 Å². The number of rotatable bonds is 6. The van der Waals surface area contributed by atoms with Crippen LogP contribution in [0, 0.1) is 0 Å². The predicted molar refractivity (Wildman–Crippen MR) is 86.4 cm³/mol. The van der Waals surface area contributed by atoms with Crippen molar-refractivity contribution in [1.82, 2.24) is 10.2 Å². The average Bonchev–Trinajstić information content (AvgIpc) is 2.45. The van der Waals surface area contributed by atoms with Gasteiger partial charge in [0.25, 0.3) is 0 Å². The predicted octanol–water partition coefficient (Wildman–Crippen LogP) is 2.99. The van der Waals surface area contributed by atoms with Crippen molar-refractivity contribution in [3.05, 3.63) is 39.9 Å². The van der Waals surface area contributed by atoms with E-state index in [1.807, 2.05) is 13.8 Å². The highest BCUT2D eigenvalue weighted by molar-refractivity contribution is 6.34. The van der Waals surface area contributed by atoms with Crippen molar-refractivity contribution < 1.29 is 9.59 Å². The van der Waals surface area contributed by atoms with Gasteiger partial charge in [-0.05, 0) is 43.7 Å². The number of halogens is 2. The number of hydrogen-bond donors (Lipinski definition) is 1. The molecule has 0 aromatic heterocycles. The van der Waals surface area contributed by atoms with Crippen molar-refractivity contribution in [3.63, 3.8) is 0 Å². The van der Waals surface area contributed by atoms with Crippen molar-refractivity contribution in [2.24, 2.45) is 0 Å². The summed E-state index contributed by atoms with van der Waals surface area (Å²) in [5.74, 6) is -0.429. The summed E-state index contributed by atoms with van der Waals surface area (Å²) in [6, 6.07) is 5.02. The third-order valence-corrected chi connectivity index (χ3v) is 3.34. The Labute approximate surface area is 134 Å². The molecule has 0 atom stereocenters. The molecule has 0 saturated carbocycles. The van der Waals surface area contributed by atoms with Crippen molar-refractivity contribution in [3.8, 4) is 0 Å². The molecule has 2 amide bonds. The van der Waals surface area contributed by atoms with Crippen LogP contribution >= 0.6 is 23.2 Å². The summed E-state index contributed by atoms with van der Waals surface area (Å²) >= 11 is 11.9. The quantitative estimate of drug-likeness (QED) is 0.816. The third-order valence-electron chi connectivity index (χ3n) is 2.77. The number of nitrogens with zero attached hydrogens (tertiary/aromatic N) is 1. The average molecular weight is 329 g/mol. The molecular formula is C15H18Cl2N2O2. The van der Waals surface area contributed by atoms with Gasteiger partial charge in [-0.1, -0.05) is 23.2 Å². The minimum absolute atomic E-state index is 0.0385. The van der Waals surface area contributed by atoms with Crippen LogP contribution in [0.3, 0.4) is 0 Å². The lowest BCUT2D eigenvalue weighted by atomic mass is 10.2. The fourth-order valence-electron chi connectivity index (χ4n) is 1.68. The Hall–Kier alpha value is -1.52. The van der Waals surface area contributed by atoms with Gasteiger partial charge in [0.05, 0.1) is 6.54 Å². The first-order valence-corrected chi connectivity index (χ1v) is 7.42. The molecule has 1 N–H and O–H groups in total. The van der Waals surface area contributed by atoms with Crippen LogP contribution in [0.25, 0.3) is 6.08 Å². The number of carbonyl (C=O) groups is 2. The van der Waals surface area contributed by atoms with Gasteiger partial charge in [0, 0.05) is 29.2 Å². The van der Waals surface area contributed by atoms with Crippen LogP contribution < -0.4 is 5.32 Å². The second-order valence-electron chi connectivity index (χ2n) is 4.31. The van der Waals surface area contributed by atoms with Gasteiger partial charge in [-0.15, -0.1) is 0 Å². The molecule has 114 valence electrons. The Balaban J connectivity index is 2.75. The fourth-order valence-corrected chi connectivity index (χ4v) is 2.04. The SMILES string of the molecule is CCNC(=O)CN(CC)C(=O)/C=C/c1cc(Cl)ccc1Cl. The third kappa shape index (κ3) is 5.78. The molecule has 21 heavy (non-hydrogen) atoms. The second-order valence-corrected chi connectivity index (χ2v) is 5.15. The van der Waals surface area contributed by atoms with Gasteiger partial charge in [0.1, 0.15) is 0 Å². The molecule has 1 aromatic carbocycles. The minimum atomic E-state index is -0.250. The Morgan fingerprint density at radius 2 is 2.00 bits per heavy atom. The molecule has 0 saturated heterocycles. The maximum Gasteiger partial charge on any atom is 0.247 e. The molecule has 1 rings (SSSR count). The normalized spacial score (nSPS) is 10.7. The fraction of sp³-hybridized carbons (Fsp3) is 0.333. The lowest BCUT2D eigenvalue weighted by Gasteiger charge is -2.18. The molecule has 0 spiro atoms. The van der Waals surface area contributed by atoms with Crippen LogP contribution in [0.5, 0.6) is 0 Å². The molecular weight excluding hydrogens is 311 g/mol. The molecule has 0 radical (unpaired) electrons. The number of carbonyl (C=O) groups excluding carboxylic acids is 2. The summed E-state index contributed by atoms with van der Waals surface area (Å²) in [5, 5.41) is 3.71. The first-order valence-electron chi connectivity index (χ1n) is 6.66. The Morgan fingerprint density at radius 3 is 2.62 bits per heavy atom. The number of amides is 2. The monoisotopic (exact) mass is 328 g/mol. The van der Waals surface area contributed by atoms with E-state index in [0.29, 0.717) is 28.7 Å². The molecule has 0 aliphatic heterocycles. The van der Waals surface area contributed by atoms with Crippen molar-refractivity contribution in [1.29, 1.82) is 0 Å². The lowest BCUT2D eigenvalue weighted by molar-refractivity contribution is -0.132. The maximum absolute atomic E-state index is 12.1. The Bertz CT molecular complexity index is 544. The molecule has 6 heteroatoms. The first-order chi connectivity index (χ1) is 9.97. The van der Waals surface area contributed by atoms with E-state index >= 15 is 0 Å². The van der Waals surface area contributed by atoms with Gasteiger partial charge in [0.15, 0.2) is 0 Å². The summed E-state index contributed by atoms with van der Waals surface area (Å²) in [6.07, 6.45) is 2.98. The van der Waals surface area contributed by atoms with Gasteiger partial charge >= 0.3 is 0 Å². The van der Waals surface area contributed by atoms with Gasteiger partial charge in [0.2, 0.25) is 11.8 Å². The lowest BCUT2D eigenvalue weighted by Crippen LogP contribution is -2.39. The van der Waals surface area contributed by atoms with Crippen LogP contribution in [0.1, 0.15) is 19.4 Å². The summed E-state index contributed by atoms with van der Waals surface area (Å²) in [7, 11) is 0. The smallest absolute Gasteiger partial charge is 0.247 e. The van der Waals surface area contributed by atoms with Gasteiger partial charge < -0.3 is 10.2 Å². The number of benzene rings is 1. The summed E-state index contributed by atoms with van der Waals surface area (Å²) < 4.78 is 0. The van der Waals surface area contributed by atoms with Gasteiger partial charge in [-0.2, -0.15) is 0 Å². The van der Waals surface area contributed by atoms with E-state index in [1.54, 1.807) is 24.3 Å². The van der Waals surface area contributed by atoms with Crippen LogP contribution in [0.4, 0.5) is 0 Å². The highest BCUT2D eigenvalue weighted by Gasteiger charge is 2.12. The topological polar surface area (TPSA) is 49.4 Å². The zero-order valence-corrected chi connectivity index (χ0v) is 13.5. The van der Waals surface area contributed by atoms with E-state index < -0.39 is 0 Å². The number of nitrogens with one attached hydrogen (secondary N) is 1. The minimum Gasteiger partial charge on any atom is -0.355 e. The molecule has 0 aliphatic carbocycles. The van der Waals surface area contributed by atoms with E-state index in [-0.39, 0.29) is 18.4 Å². The summed E-state index contributed by atoms with van der Waals surface area (Å²) in [4.78, 5) is 25.0. The van der Waals surface area contributed by atoms with E-state index in [2.05, 4.69) is 5.32 Å². The molecule has 1 aromatic rings. The Kier molecular flexibility index (Phi) is 7.26. The first kappa shape index (κ1) is 17.5. The zero-order chi connectivity index (χ0) is 15.8. The highest BCUT2D eigenvalue weighted by Crippen LogP contribution is 2.21. The van der Waals surface area contributed by atoms with Crippen molar-refractivity contribution in [2.45, 2.75) is 13.8 Å². The van der Waals surface area contributed by atoms with E-state index in [1.165, 1.54) is 11.0 Å². The number of hydrogen-bond acceptors (Lipinski definition) is 2.